The molecule has 0 fully saturated rings. The van der Waals surface area contributed by atoms with Crippen molar-refractivity contribution in [2.75, 3.05) is 13.2 Å². The summed E-state index contributed by atoms with van der Waals surface area (Å²) < 4.78 is 5.61. The number of aryl methyl sites for hydroxylation is 1. The SMILES string of the molecule is CCCc1ccc(OCCNC(=O)/C=C/c2ccccc2)cc1. The Labute approximate surface area is 138 Å². The van der Waals surface area contributed by atoms with Crippen LogP contribution in [0.3, 0.4) is 0 Å². The van der Waals surface area contributed by atoms with Crippen molar-refractivity contribution in [1.82, 2.24) is 5.32 Å². The molecule has 2 rings (SSSR count). The van der Waals surface area contributed by atoms with Gasteiger partial charge in [0.1, 0.15) is 12.4 Å². The molecular weight excluding hydrogens is 286 g/mol. The molecule has 0 aliphatic carbocycles. The van der Waals surface area contributed by atoms with Crippen molar-refractivity contribution < 1.29 is 9.53 Å². The molecule has 0 spiro atoms. The number of carbonyl (C=O) groups is 1. The fraction of sp³-hybridized carbons (Fsp3) is 0.250. The van der Waals surface area contributed by atoms with Crippen molar-refractivity contribution >= 4 is 12.0 Å². The minimum atomic E-state index is -0.115. The second kappa shape index (κ2) is 9.46. The lowest BCUT2D eigenvalue weighted by Gasteiger charge is -2.07. The maximum atomic E-state index is 11.7. The van der Waals surface area contributed by atoms with Crippen LogP contribution >= 0.6 is 0 Å². The Morgan fingerprint density at radius 2 is 1.83 bits per heavy atom. The molecule has 2 aromatic carbocycles. The largest absolute Gasteiger partial charge is 0.492 e. The van der Waals surface area contributed by atoms with E-state index in [1.807, 2.05) is 42.5 Å². The normalized spacial score (nSPS) is 10.7. The van der Waals surface area contributed by atoms with Crippen molar-refractivity contribution in [3.63, 3.8) is 0 Å². The van der Waals surface area contributed by atoms with Gasteiger partial charge in [0.25, 0.3) is 0 Å². The molecule has 0 aliphatic rings. The Kier molecular flexibility index (Phi) is 6.92. The van der Waals surface area contributed by atoms with Crippen molar-refractivity contribution in [2.24, 2.45) is 0 Å². The molecule has 0 aromatic heterocycles. The zero-order valence-electron chi connectivity index (χ0n) is 13.5. The predicted molar refractivity (Wildman–Crippen MR) is 94.4 cm³/mol. The molecule has 0 radical (unpaired) electrons. The number of rotatable bonds is 8. The first-order valence-electron chi connectivity index (χ1n) is 8.00. The van der Waals surface area contributed by atoms with Crippen molar-refractivity contribution in [3.8, 4) is 5.75 Å². The van der Waals surface area contributed by atoms with E-state index in [0.29, 0.717) is 13.2 Å². The number of nitrogens with one attached hydrogen (secondary N) is 1. The van der Waals surface area contributed by atoms with E-state index >= 15 is 0 Å². The maximum Gasteiger partial charge on any atom is 0.244 e. The van der Waals surface area contributed by atoms with E-state index in [-0.39, 0.29) is 5.91 Å². The van der Waals surface area contributed by atoms with Gasteiger partial charge in [-0.15, -0.1) is 0 Å². The lowest BCUT2D eigenvalue weighted by atomic mass is 10.1. The first-order chi connectivity index (χ1) is 11.3. The number of ether oxygens (including phenoxy) is 1. The summed E-state index contributed by atoms with van der Waals surface area (Å²) in [5, 5.41) is 2.80. The fourth-order valence-electron chi connectivity index (χ4n) is 2.18. The van der Waals surface area contributed by atoms with Gasteiger partial charge in [0, 0.05) is 6.08 Å². The second-order valence-electron chi connectivity index (χ2n) is 5.28. The Bertz CT molecular complexity index is 618. The van der Waals surface area contributed by atoms with E-state index in [1.54, 1.807) is 6.08 Å². The minimum absolute atomic E-state index is 0.115. The van der Waals surface area contributed by atoms with Gasteiger partial charge in [0.15, 0.2) is 0 Å². The first-order valence-corrected chi connectivity index (χ1v) is 8.00. The van der Waals surface area contributed by atoms with Crippen LogP contribution in [0.1, 0.15) is 24.5 Å². The molecule has 0 aliphatic heterocycles. The zero-order chi connectivity index (χ0) is 16.3. The Morgan fingerprint density at radius 3 is 2.52 bits per heavy atom. The average Bonchev–Trinajstić information content (AvgIpc) is 2.59. The summed E-state index contributed by atoms with van der Waals surface area (Å²) in [6.07, 6.45) is 5.56. The molecule has 120 valence electrons. The number of amides is 1. The quantitative estimate of drug-likeness (QED) is 0.594. The van der Waals surface area contributed by atoms with Gasteiger partial charge < -0.3 is 10.1 Å². The topological polar surface area (TPSA) is 38.3 Å². The third-order valence-electron chi connectivity index (χ3n) is 3.36. The molecule has 0 unspecified atom stereocenters. The van der Waals surface area contributed by atoms with Crippen molar-refractivity contribution in [2.45, 2.75) is 19.8 Å². The smallest absolute Gasteiger partial charge is 0.244 e. The zero-order valence-corrected chi connectivity index (χ0v) is 13.5. The lowest BCUT2D eigenvalue weighted by molar-refractivity contribution is -0.116. The van der Waals surface area contributed by atoms with Gasteiger partial charge in [-0.1, -0.05) is 55.8 Å². The number of hydrogen-bond acceptors (Lipinski definition) is 2. The van der Waals surface area contributed by atoms with Gasteiger partial charge in [-0.05, 0) is 35.8 Å². The Balaban J connectivity index is 1.66. The molecule has 1 N–H and O–H groups in total. The van der Waals surface area contributed by atoms with E-state index < -0.39 is 0 Å². The summed E-state index contributed by atoms with van der Waals surface area (Å²) in [7, 11) is 0. The molecule has 3 nitrogen and oxygen atoms in total. The van der Waals surface area contributed by atoms with Crippen LogP contribution in [0, 0.1) is 0 Å². The van der Waals surface area contributed by atoms with E-state index in [1.165, 1.54) is 11.6 Å². The molecular formula is C20H23NO2. The Hall–Kier alpha value is -2.55. The van der Waals surface area contributed by atoms with E-state index in [2.05, 4.69) is 24.4 Å². The van der Waals surface area contributed by atoms with E-state index in [0.717, 1.165) is 24.2 Å². The number of carbonyl (C=O) groups excluding carboxylic acids is 1. The predicted octanol–water partition coefficient (Wildman–Crippen LogP) is 3.85. The molecule has 2 aromatic rings. The van der Waals surface area contributed by atoms with Crippen LogP contribution in [0.2, 0.25) is 0 Å². The minimum Gasteiger partial charge on any atom is -0.492 e. The molecule has 1 amide bonds. The van der Waals surface area contributed by atoms with Gasteiger partial charge >= 0.3 is 0 Å². The summed E-state index contributed by atoms with van der Waals surface area (Å²) in [6.45, 7) is 3.10. The third-order valence-corrected chi connectivity index (χ3v) is 3.36. The molecule has 0 bridgehead atoms. The second-order valence-corrected chi connectivity index (χ2v) is 5.28. The summed E-state index contributed by atoms with van der Waals surface area (Å²) in [5.41, 5.74) is 2.32. The molecule has 3 heteroatoms. The average molecular weight is 309 g/mol. The van der Waals surface area contributed by atoms with Gasteiger partial charge in [-0.3, -0.25) is 4.79 Å². The summed E-state index contributed by atoms with van der Waals surface area (Å²) in [5.74, 6) is 0.717. The van der Waals surface area contributed by atoms with Crippen LogP contribution in [0.15, 0.2) is 60.7 Å². The monoisotopic (exact) mass is 309 g/mol. The van der Waals surface area contributed by atoms with Gasteiger partial charge in [0.2, 0.25) is 5.91 Å². The third kappa shape index (κ3) is 6.39. The summed E-state index contributed by atoms with van der Waals surface area (Å²) >= 11 is 0. The van der Waals surface area contributed by atoms with Crippen molar-refractivity contribution in [1.29, 1.82) is 0 Å². The molecule has 0 saturated carbocycles. The van der Waals surface area contributed by atoms with Crippen LogP contribution in [0.25, 0.3) is 6.08 Å². The van der Waals surface area contributed by atoms with Crippen LogP contribution in [-0.2, 0) is 11.2 Å². The van der Waals surface area contributed by atoms with Crippen molar-refractivity contribution in [3.05, 3.63) is 71.8 Å². The maximum absolute atomic E-state index is 11.7. The van der Waals surface area contributed by atoms with E-state index in [9.17, 15) is 4.79 Å². The van der Waals surface area contributed by atoms with Gasteiger partial charge in [-0.2, -0.15) is 0 Å². The molecule has 0 atom stereocenters. The van der Waals surface area contributed by atoms with Crippen LogP contribution < -0.4 is 10.1 Å². The number of benzene rings is 2. The highest BCUT2D eigenvalue weighted by Gasteiger charge is 1.97. The highest BCUT2D eigenvalue weighted by atomic mass is 16.5. The first kappa shape index (κ1) is 16.8. The highest BCUT2D eigenvalue weighted by Crippen LogP contribution is 2.13. The van der Waals surface area contributed by atoms with E-state index in [4.69, 9.17) is 4.74 Å². The lowest BCUT2D eigenvalue weighted by Crippen LogP contribution is -2.26. The summed E-state index contributed by atoms with van der Waals surface area (Å²) in [6, 6.07) is 17.9. The fourth-order valence-corrected chi connectivity index (χ4v) is 2.18. The van der Waals surface area contributed by atoms with Crippen LogP contribution in [0.5, 0.6) is 5.75 Å². The van der Waals surface area contributed by atoms with Gasteiger partial charge in [0.05, 0.1) is 6.54 Å². The highest BCUT2D eigenvalue weighted by molar-refractivity contribution is 5.91. The molecule has 0 saturated heterocycles. The number of hydrogen-bond donors (Lipinski definition) is 1. The van der Waals surface area contributed by atoms with Crippen LogP contribution in [-0.4, -0.2) is 19.1 Å². The molecule has 0 heterocycles. The summed E-state index contributed by atoms with van der Waals surface area (Å²) in [4.78, 5) is 11.7. The standard InChI is InChI=1S/C20H23NO2/c1-2-6-17-9-12-19(13-10-17)23-16-15-21-20(22)14-11-18-7-4-3-5-8-18/h3-5,7-14H,2,6,15-16H2,1H3,(H,21,22)/b14-11+. The Morgan fingerprint density at radius 1 is 1.09 bits per heavy atom. The van der Waals surface area contributed by atoms with Gasteiger partial charge in [-0.25, -0.2) is 0 Å². The van der Waals surface area contributed by atoms with Crippen LogP contribution in [0.4, 0.5) is 0 Å². The molecule has 23 heavy (non-hydrogen) atoms.